The molecule has 2 aromatic rings. The number of anilines is 1. The number of benzene rings is 2. The molecule has 212 valence electrons. The third kappa shape index (κ3) is 7.41. The molecule has 0 bridgehead atoms. The smallest absolute Gasteiger partial charge is 0.303 e. The number of carboxylic acid groups (broad SMARTS) is 1. The van der Waals surface area contributed by atoms with Crippen LogP contribution < -0.4 is 19.7 Å². The minimum atomic E-state index is -2.48. The largest absolute Gasteiger partial charge is 0.497 e. The third-order valence-corrected chi connectivity index (χ3v) is 8.53. The van der Waals surface area contributed by atoms with Crippen LogP contribution in [0.1, 0.15) is 62.0 Å². The average Bonchev–Trinajstić information content (AvgIpc) is 3.75. The molecule has 1 heterocycles. The van der Waals surface area contributed by atoms with Crippen molar-refractivity contribution in [1.82, 2.24) is 5.32 Å². The van der Waals surface area contributed by atoms with Gasteiger partial charge < -0.3 is 24.8 Å². The molecular formula is C31H40F2N2O4. The summed E-state index contributed by atoms with van der Waals surface area (Å²) >= 11 is 0. The van der Waals surface area contributed by atoms with Gasteiger partial charge in [-0.2, -0.15) is 0 Å². The molecule has 0 radical (unpaired) electrons. The number of carboxylic acids is 1. The lowest BCUT2D eigenvalue weighted by Crippen LogP contribution is -2.41. The topological polar surface area (TPSA) is 71.0 Å². The Hall–Kier alpha value is -2.87. The van der Waals surface area contributed by atoms with Crippen LogP contribution in [0.25, 0.3) is 0 Å². The molecule has 39 heavy (non-hydrogen) atoms. The molecule has 6 nitrogen and oxygen atoms in total. The van der Waals surface area contributed by atoms with Crippen LogP contribution in [0.4, 0.5) is 14.5 Å². The monoisotopic (exact) mass is 542 g/mol. The van der Waals surface area contributed by atoms with Crippen molar-refractivity contribution in [2.45, 2.75) is 63.3 Å². The first-order chi connectivity index (χ1) is 18.8. The second kappa shape index (κ2) is 12.1. The number of piperidine rings is 1. The number of nitrogens with zero attached hydrogens (tertiary/aromatic N) is 1. The third-order valence-electron chi connectivity index (χ3n) is 8.53. The summed E-state index contributed by atoms with van der Waals surface area (Å²) in [6.07, 6.45) is 4.36. The molecule has 2 N–H and O–H groups in total. The predicted molar refractivity (Wildman–Crippen MR) is 147 cm³/mol. The van der Waals surface area contributed by atoms with E-state index in [9.17, 15) is 18.7 Å². The first kappa shape index (κ1) is 27.7. The molecule has 0 spiro atoms. The van der Waals surface area contributed by atoms with Gasteiger partial charge in [-0.3, -0.25) is 4.79 Å². The number of aliphatic carboxylic acids is 1. The van der Waals surface area contributed by atoms with E-state index in [1.165, 1.54) is 0 Å². The lowest BCUT2D eigenvalue weighted by Gasteiger charge is -2.36. The Morgan fingerprint density at radius 2 is 1.85 bits per heavy atom. The molecule has 8 heteroatoms. The van der Waals surface area contributed by atoms with Crippen LogP contribution in [0.15, 0.2) is 42.5 Å². The van der Waals surface area contributed by atoms with Crippen LogP contribution in [0.5, 0.6) is 11.5 Å². The summed E-state index contributed by atoms with van der Waals surface area (Å²) in [5.41, 5.74) is 3.36. The van der Waals surface area contributed by atoms with Gasteiger partial charge in [-0.1, -0.05) is 18.2 Å². The highest BCUT2D eigenvalue weighted by Gasteiger charge is 2.44. The van der Waals surface area contributed by atoms with Crippen molar-refractivity contribution in [3.63, 3.8) is 0 Å². The zero-order valence-electron chi connectivity index (χ0n) is 22.7. The Balaban J connectivity index is 1.13. The van der Waals surface area contributed by atoms with E-state index in [-0.39, 0.29) is 31.1 Å². The van der Waals surface area contributed by atoms with Crippen molar-refractivity contribution in [3.05, 3.63) is 53.6 Å². The molecule has 0 amide bonds. The van der Waals surface area contributed by atoms with Crippen molar-refractivity contribution in [3.8, 4) is 11.5 Å². The molecule has 5 rings (SSSR count). The van der Waals surface area contributed by atoms with Gasteiger partial charge in [0.1, 0.15) is 11.5 Å². The number of carbonyl (C=O) groups is 1. The van der Waals surface area contributed by atoms with E-state index in [4.69, 9.17) is 9.47 Å². The van der Waals surface area contributed by atoms with Crippen molar-refractivity contribution in [1.29, 1.82) is 0 Å². The molecule has 0 aromatic heterocycles. The summed E-state index contributed by atoms with van der Waals surface area (Å²) < 4.78 is 38.0. The molecular weight excluding hydrogens is 502 g/mol. The summed E-state index contributed by atoms with van der Waals surface area (Å²) in [6, 6.07) is 14.1. The Morgan fingerprint density at radius 3 is 2.51 bits per heavy atom. The van der Waals surface area contributed by atoms with E-state index in [1.54, 1.807) is 7.11 Å². The normalized spacial score (nSPS) is 20.3. The molecule has 1 atom stereocenters. The first-order valence-electron chi connectivity index (χ1n) is 14.2. The van der Waals surface area contributed by atoms with Crippen LogP contribution in [0.3, 0.4) is 0 Å². The maximum Gasteiger partial charge on any atom is 0.303 e. The second-order valence-electron chi connectivity index (χ2n) is 11.6. The van der Waals surface area contributed by atoms with Gasteiger partial charge in [-0.05, 0) is 85.2 Å². The van der Waals surface area contributed by atoms with Gasteiger partial charge in [0.25, 0.3) is 0 Å². The fourth-order valence-electron chi connectivity index (χ4n) is 6.09. The fourth-order valence-corrected chi connectivity index (χ4v) is 6.09. The number of nitrogens with one attached hydrogen (secondary N) is 1. The Bertz CT molecular complexity index is 1120. The zero-order chi connectivity index (χ0) is 27.4. The van der Waals surface area contributed by atoms with Crippen LogP contribution in [0.2, 0.25) is 0 Å². The van der Waals surface area contributed by atoms with Crippen LogP contribution in [-0.4, -0.2) is 50.3 Å². The fraction of sp³-hybridized carbons (Fsp3) is 0.581. The maximum absolute atomic E-state index is 13.2. The number of methoxy groups -OCH3 is 1. The predicted octanol–water partition coefficient (Wildman–Crippen LogP) is 6.09. The highest BCUT2D eigenvalue weighted by Crippen LogP contribution is 2.45. The van der Waals surface area contributed by atoms with Gasteiger partial charge in [-0.25, -0.2) is 8.78 Å². The SMILES string of the molecule is COc1ccc(CNCC2CC(F)(F)C2)c(N2CCC(COc3cccc(C(CC(=O)O)C4CC4)c3)CC2)c1. The van der Waals surface area contributed by atoms with Crippen LogP contribution in [0, 0.1) is 17.8 Å². The maximum atomic E-state index is 13.2. The standard InChI is InChI=1S/C31H40F2N2O4/c1-38-26-8-7-25(19-34-18-22-16-31(32,33)17-22)29(14-26)35-11-9-21(10-12-35)20-39-27-4-2-3-24(13-27)28(15-30(36)37)23-5-6-23/h2-4,7-8,13-14,21-23,28,34H,5-6,9-12,15-20H2,1H3,(H,36,37). The second-order valence-corrected chi connectivity index (χ2v) is 11.6. The van der Waals surface area contributed by atoms with Crippen molar-refractivity contribution < 1.29 is 28.2 Å². The van der Waals surface area contributed by atoms with Gasteiger partial charge in [0.2, 0.25) is 5.92 Å². The number of halogens is 2. The lowest BCUT2D eigenvalue weighted by atomic mass is 9.81. The minimum absolute atomic E-state index is 0.0151. The summed E-state index contributed by atoms with van der Waals surface area (Å²) in [4.78, 5) is 13.8. The molecule has 3 fully saturated rings. The quantitative estimate of drug-likeness (QED) is 0.319. The number of ether oxygens (including phenoxy) is 2. The van der Waals surface area contributed by atoms with Crippen LogP contribution in [-0.2, 0) is 11.3 Å². The highest BCUT2D eigenvalue weighted by molar-refractivity contribution is 5.68. The Labute approximate surface area is 229 Å². The van der Waals surface area contributed by atoms with Crippen molar-refractivity contribution in [2.75, 3.05) is 38.3 Å². The summed E-state index contributed by atoms with van der Waals surface area (Å²) in [5, 5.41) is 12.7. The highest BCUT2D eigenvalue weighted by atomic mass is 19.3. The van der Waals surface area contributed by atoms with Gasteiger partial charge >= 0.3 is 5.97 Å². The molecule has 2 aliphatic carbocycles. The van der Waals surface area contributed by atoms with Crippen LogP contribution >= 0.6 is 0 Å². The summed E-state index contributed by atoms with van der Waals surface area (Å²) in [6.45, 7) is 3.71. The Kier molecular flexibility index (Phi) is 8.60. The molecule has 2 saturated carbocycles. The van der Waals surface area contributed by atoms with Gasteiger partial charge in [0.15, 0.2) is 0 Å². The molecule has 3 aliphatic rings. The summed E-state index contributed by atoms with van der Waals surface area (Å²) in [7, 11) is 1.67. The van der Waals surface area contributed by atoms with E-state index >= 15 is 0 Å². The lowest BCUT2D eigenvalue weighted by molar-refractivity contribution is -0.137. The number of hydrogen-bond donors (Lipinski definition) is 2. The van der Waals surface area contributed by atoms with Gasteiger partial charge in [0.05, 0.1) is 20.1 Å². The molecule has 1 unspecified atom stereocenters. The number of rotatable bonds is 13. The van der Waals surface area contributed by atoms with E-state index < -0.39 is 11.9 Å². The van der Waals surface area contributed by atoms with E-state index in [1.807, 2.05) is 30.3 Å². The molecule has 1 saturated heterocycles. The van der Waals surface area contributed by atoms with Gasteiger partial charge in [0, 0.05) is 44.2 Å². The van der Waals surface area contributed by atoms with Crippen molar-refractivity contribution >= 4 is 11.7 Å². The first-order valence-corrected chi connectivity index (χ1v) is 14.2. The summed E-state index contributed by atoms with van der Waals surface area (Å²) in [5.74, 6) is -0.570. The molecule has 1 aliphatic heterocycles. The number of hydrogen-bond acceptors (Lipinski definition) is 5. The van der Waals surface area contributed by atoms with Gasteiger partial charge in [-0.15, -0.1) is 0 Å². The molecule has 2 aromatic carbocycles. The number of alkyl halides is 2. The van der Waals surface area contributed by atoms with E-state index in [2.05, 4.69) is 22.3 Å². The van der Waals surface area contributed by atoms with Crippen molar-refractivity contribution in [2.24, 2.45) is 17.8 Å². The Morgan fingerprint density at radius 1 is 1.08 bits per heavy atom. The van der Waals surface area contributed by atoms with E-state index in [0.717, 1.165) is 67.1 Å². The average molecular weight is 543 g/mol. The van der Waals surface area contributed by atoms with E-state index in [0.29, 0.717) is 31.5 Å². The minimum Gasteiger partial charge on any atom is -0.497 e. The zero-order valence-corrected chi connectivity index (χ0v) is 22.7.